The van der Waals surface area contributed by atoms with Gasteiger partial charge >= 0.3 is 5.69 Å². The lowest BCUT2D eigenvalue weighted by Crippen LogP contribution is -2.43. The third kappa shape index (κ3) is 2.56. The molecular formula is C13H17N5O2. The Bertz CT molecular complexity index is 554. The van der Waals surface area contributed by atoms with Gasteiger partial charge in [-0.1, -0.05) is 6.92 Å². The molecule has 7 nitrogen and oxygen atoms in total. The molecule has 106 valence electrons. The van der Waals surface area contributed by atoms with Crippen molar-refractivity contribution >= 4 is 11.5 Å². The highest BCUT2D eigenvalue weighted by molar-refractivity contribution is 5.65. The number of nitrogens with zero attached hydrogens (tertiary/aromatic N) is 4. The molecule has 0 radical (unpaired) electrons. The Hall–Kier alpha value is -2.20. The van der Waals surface area contributed by atoms with E-state index in [2.05, 4.69) is 11.9 Å². The fourth-order valence-electron chi connectivity index (χ4n) is 2.59. The summed E-state index contributed by atoms with van der Waals surface area (Å²) < 4.78 is 0. The van der Waals surface area contributed by atoms with Gasteiger partial charge in [0.05, 0.1) is 4.92 Å². The summed E-state index contributed by atoms with van der Waals surface area (Å²) in [5, 5.41) is 20.2. The van der Waals surface area contributed by atoms with Crippen molar-refractivity contribution in [3.05, 3.63) is 27.9 Å². The molecule has 0 bridgehead atoms. The number of hydrogen-bond donors (Lipinski definition) is 1. The fourth-order valence-corrected chi connectivity index (χ4v) is 2.59. The van der Waals surface area contributed by atoms with Gasteiger partial charge in [0.2, 0.25) is 5.82 Å². The van der Waals surface area contributed by atoms with E-state index in [1.807, 2.05) is 11.0 Å². The second kappa shape index (κ2) is 5.84. The maximum absolute atomic E-state index is 11.2. The van der Waals surface area contributed by atoms with E-state index in [0.29, 0.717) is 25.6 Å². The number of hydrogen-bond acceptors (Lipinski definition) is 6. The predicted molar refractivity (Wildman–Crippen MR) is 74.1 cm³/mol. The summed E-state index contributed by atoms with van der Waals surface area (Å²) in [5.74, 6) is 1.06. The maximum Gasteiger partial charge on any atom is 0.329 e. The molecule has 1 aromatic rings. The van der Waals surface area contributed by atoms with Crippen LogP contribution in [0.3, 0.4) is 0 Å². The first-order valence-corrected chi connectivity index (χ1v) is 6.57. The molecule has 2 unspecified atom stereocenters. The fraction of sp³-hybridized carbons (Fsp3) is 0.538. The van der Waals surface area contributed by atoms with E-state index in [1.165, 1.54) is 12.3 Å². The Balaban J connectivity index is 2.38. The molecule has 1 saturated heterocycles. The molecular weight excluding hydrogens is 258 g/mol. The van der Waals surface area contributed by atoms with Crippen LogP contribution in [0.1, 0.15) is 18.9 Å². The molecule has 1 aliphatic rings. The van der Waals surface area contributed by atoms with Gasteiger partial charge in [0.1, 0.15) is 11.6 Å². The highest BCUT2D eigenvalue weighted by Gasteiger charge is 2.31. The summed E-state index contributed by atoms with van der Waals surface area (Å²) in [5.41, 5.74) is 5.59. The average Bonchev–Trinajstić information content (AvgIpc) is 2.46. The first kappa shape index (κ1) is 14.2. The van der Waals surface area contributed by atoms with Gasteiger partial charge in [-0.3, -0.25) is 10.1 Å². The molecule has 20 heavy (non-hydrogen) atoms. The van der Waals surface area contributed by atoms with Crippen LogP contribution in [0.4, 0.5) is 11.5 Å². The topological polar surface area (TPSA) is 109 Å². The number of nitro groups is 1. The van der Waals surface area contributed by atoms with Gasteiger partial charge in [0.25, 0.3) is 0 Å². The molecule has 0 aromatic carbocycles. The summed E-state index contributed by atoms with van der Waals surface area (Å²) in [6.45, 7) is 4.02. The normalized spacial score (nSPS) is 22.4. The Morgan fingerprint density at radius 2 is 2.45 bits per heavy atom. The largest absolute Gasteiger partial charge is 0.351 e. The van der Waals surface area contributed by atoms with Crippen LogP contribution in [0, 0.1) is 33.3 Å². The van der Waals surface area contributed by atoms with Crippen molar-refractivity contribution < 1.29 is 4.92 Å². The number of pyridine rings is 1. The molecule has 1 aliphatic heterocycles. The zero-order chi connectivity index (χ0) is 14.7. The van der Waals surface area contributed by atoms with Gasteiger partial charge in [0, 0.05) is 19.3 Å². The van der Waals surface area contributed by atoms with E-state index in [0.717, 1.165) is 6.42 Å². The SMILES string of the molecule is CC1CCN(c2nccc(C#N)c2[N+](=O)[O-])CC1CN. The molecule has 0 aliphatic carbocycles. The number of piperidine rings is 1. The number of nitriles is 1. The van der Waals surface area contributed by atoms with Crippen LogP contribution in [0.25, 0.3) is 0 Å². The van der Waals surface area contributed by atoms with Crippen LogP contribution in [0.2, 0.25) is 0 Å². The smallest absolute Gasteiger partial charge is 0.329 e. The van der Waals surface area contributed by atoms with Gasteiger partial charge < -0.3 is 10.6 Å². The van der Waals surface area contributed by atoms with Crippen molar-refractivity contribution in [1.82, 2.24) is 4.98 Å². The molecule has 1 aromatic heterocycles. The van der Waals surface area contributed by atoms with Crippen LogP contribution >= 0.6 is 0 Å². The van der Waals surface area contributed by atoms with E-state index >= 15 is 0 Å². The van der Waals surface area contributed by atoms with Crippen molar-refractivity contribution in [2.24, 2.45) is 17.6 Å². The summed E-state index contributed by atoms with van der Waals surface area (Å²) >= 11 is 0. The van der Waals surface area contributed by atoms with Crippen molar-refractivity contribution in [3.63, 3.8) is 0 Å². The van der Waals surface area contributed by atoms with Crippen LogP contribution < -0.4 is 10.6 Å². The zero-order valence-electron chi connectivity index (χ0n) is 11.3. The third-order valence-corrected chi connectivity index (χ3v) is 3.92. The Labute approximate surface area is 117 Å². The van der Waals surface area contributed by atoms with Crippen LogP contribution in [-0.2, 0) is 0 Å². The molecule has 2 rings (SSSR count). The third-order valence-electron chi connectivity index (χ3n) is 3.92. The van der Waals surface area contributed by atoms with Gasteiger partial charge in [-0.2, -0.15) is 5.26 Å². The molecule has 7 heteroatoms. The van der Waals surface area contributed by atoms with E-state index in [4.69, 9.17) is 11.0 Å². The first-order valence-electron chi connectivity index (χ1n) is 6.57. The molecule has 0 amide bonds. The second-order valence-corrected chi connectivity index (χ2v) is 5.11. The second-order valence-electron chi connectivity index (χ2n) is 5.11. The van der Waals surface area contributed by atoms with E-state index < -0.39 is 4.92 Å². The number of aromatic nitrogens is 1. The van der Waals surface area contributed by atoms with Crippen molar-refractivity contribution in [2.75, 3.05) is 24.5 Å². The maximum atomic E-state index is 11.2. The van der Waals surface area contributed by atoms with Gasteiger partial charge in [-0.25, -0.2) is 4.98 Å². The minimum atomic E-state index is -0.531. The summed E-state index contributed by atoms with van der Waals surface area (Å²) in [6.07, 6.45) is 2.36. The van der Waals surface area contributed by atoms with Crippen molar-refractivity contribution in [1.29, 1.82) is 5.26 Å². The Kier molecular flexibility index (Phi) is 4.15. The van der Waals surface area contributed by atoms with Gasteiger partial charge in [-0.05, 0) is 30.9 Å². The minimum Gasteiger partial charge on any atom is -0.351 e. The Morgan fingerprint density at radius 3 is 3.05 bits per heavy atom. The average molecular weight is 275 g/mol. The monoisotopic (exact) mass is 275 g/mol. The number of anilines is 1. The highest BCUT2D eigenvalue weighted by atomic mass is 16.6. The van der Waals surface area contributed by atoms with Crippen LogP contribution in [0.15, 0.2) is 12.3 Å². The zero-order valence-corrected chi connectivity index (χ0v) is 11.3. The van der Waals surface area contributed by atoms with E-state index in [-0.39, 0.29) is 23.0 Å². The summed E-state index contributed by atoms with van der Waals surface area (Å²) in [7, 11) is 0. The van der Waals surface area contributed by atoms with Gasteiger partial charge in [0.15, 0.2) is 0 Å². The first-order chi connectivity index (χ1) is 9.58. The lowest BCUT2D eigenvalue weighted by atomic mass is 9.87. The number of nitrogens with two attached hydrogens (primary N) is 1. The van der Waals surface area contributed by atoms with E-state index in [1.54, 1.807) is 0 Å². The molecule has 0 saturated carbocycles. The lowest BCUT2D eigenvalue weighted by molar-refractivity contribution is -0.384. The molecule has 0 spiro atoms. The highest BCUT2D eigenvalue weighted by Crippen LogP contribution is 2.33. The molecule has 2 heterocycles. The van der Waals surface area contributed by atoms with Crippen LogP contribution in [0.5, 0.6) is 0 Å². The van der Waals surface area contributed by atoms with Gasteiger partial charge in [-0.15, -0.1) is 0 Å². The van der Waals surface area contributed by atoms with Crippen molar-refractivity contribution in [3.8, 4) is 6.07 Å². The molecule has 2 N–H and O–H groups in total. The quantitative estimate of drug-likeness (QED) is 0.657. The van der Waals surface area contributed by atoms with Crippen molar-refractivity contribution in [2.45, 2.75) is 13.3 Å². The lowest BCUT2D eigenvalue weighted by Gasteiger charge is -2.36. The summed E-state index contributed by atoms with van der Waals surface area (Å²) in [4.78, 5) is 16.7. The summed E-state index contributed by atoms with van der Waals surface area (Å²) in [6, 6.07) is 3.23. The molecule has 2 atom stereocenters. The number of rotatable bonds is 3. The molecule has 1 fully saturated rings. The van der Waals surface area contributed by atoms with E-state index in [9.17, 15) is 10.1 Å². The predicted octanol–water partition coefficient (Wildman–Crippen LogP) is 1.28. The Morgan fingerprint density at radius 1 is 1.70 bits per heavy atom. The van der Waals surface area contributed by atoms with Crippen LogP contribution in [-0.4, -0.2) is 29.5 Å². The minimum absolute atomic E-state index is 0.0444. The standard InChI is InChI=1S/C13H17N5O2/c1-9-3-5-17(8-11(9)7-15)13-12(18(19)20)10(6-14)2-4-16-13/h2,4,9,11H,3,5,7-8,15H2,1H3.